The summed E-state index contributed by atoms with van der Waals surface area (Å²) in [6, 6.07) is 18.9. The molecule has 26 heavy (non-hydrogen) atoms. The average molecular weight is 372 g/mol. The van der Waals surface area contributed by atoms with Crippen LogP contribution in [0.25, 0.3) is 0 Å². The van der Waals surface area contributed by atoms with Crippen LogP contribution in [0.3, 0.4) is 0 Å². The van der Waals surface area contributed by atoms with Gasteiger partial charge in [0.05, 0.1) is 23.5 Å². The zero-order valence-corrected chi connectivity index (χ0v) is 15.9. The third-order valence-corrected chi connectivity index (χ3v) is 6.47. The van der Waals surface area contributed by atoms with Gasteiger partial charge in [0.15, 0.2) is 9.84 Å². The molecule has 3 rings (SSSR count). The molecule has 1 unspecified atom stereocenters. The van der Waals surface area contributed by atoms with Crippen molar-refractivity contribution in [2.24, 2.45) is 0 Å². The van der Waals surface area contributed by atoms with E-state index in [0.29, 0.717) is 6.42 Å². The van der Waals surface area contributed by atoms with Crippen molar-refractivity contribution in [3.05, 3.63) is 71.8 Å². The van der Waals surface area contributed by atoms with Gasteiger partial charge < -0.3 is 0 Å². The Kier molecular flexibility index (Phi) is 5.44. The summed E-state index contributed by atoms with van der Waals surface area (Å²) in [4.78, 5) is 13.6. The fourth-order valence-corrected chi connectivity index (χ4v) is 5.26. The first-order chi connectivity index (χ1) is 12.4. The molecule has 1 fully saturated rings. The van der Waals surface area contributed by atoms with Gasteiger partial charge in [0, 0.05) is 14.1 Å². The molecule has 0 saturated carbocycles. The fourth-order valence-electron chi connectivity index (χ4n) is 3.57. The lowest BCUT2D eigenvalue weighted by atomic mass is 9.90. The van der Waals surface area contributed by atoms with Crippen LogP contribution in [0.15, 0.2) is 60.7 Å². The number of sulfone groups is 1. The van der Waals surface area contributed by atoms with Crippen molar-refractivity contribution >= 4 is 15.7 Å². The van der Waals surface area contributed by atoms with E-state index in [-0.39, 0.29) is 23.5 Å². The highest BCUT2D eigenvalue weighted by Crippen LogP contribution is 2.30. The maximum absolute atomic E-state index is 13.6. The molecule has 6 heteroatoms. The number of amides is 1. The van der Waals surface area contributed by atoms with Crippen LogP contribution < -0.4 is 0 Å². The lowest BCUT2D eigenvalue weighted by Gasteiger charge is -2.36. The van der Waals surface area contributed by atoms with Crippen molar-refractivity contribution in [1.82, 2.24) is 10.0 Å². The molecule has 0 radical (unpaired) electrons. The molecular weight excluding hydrogens is 348 g/mol. The summed E-state index contributed by atoms with van der Waals surface area (Å²) in [5.74, 6) is -0.415. The topological polar surface area (TPSA) is 57.7 Å². The van der Waals surface area contributed by atoms with Crippen LogP contribution in [0.4, 0.5) is 0 Å². The highest BCUT2D eigenvalue weighted by Gasteiger charge is 2.39. The predicted octanol–water partition coefficient (Wildman–Crippen LogP) is 2.31. The molecule has 0 bridgehead atoms. The third kappa shape index (κ3) is 3.97. The highest BCUT2D eigenvalue weighted by atomic mass is 32.2. The highest BCUT2D eigenvalue weighted by molar-refractivity contribution is 7.91. The Morgan fingerprint density at radius 3 is 1.85 bits per heavy atom. The van der Waals surface area contributed by atoms with E-state index in [1.54, 1.807) is 24.1 Å². The van der Waals surface area contributed by atoms with Crippen molar-refractivity contribution < 1.29 is 13.2 Å². The van der Waals surface area contributed by atoms with Gasteiger partial charge in [0.1, 0.15) is 0 Å². The lowest BCUT2D eigenvalue weighted by Crippen LogP contribution is -2.51. The predicted molar refractivity (Wildman–Crippen MR) is 102 cm³/mol. The van der Waals surface area contributed by atoms with Gasteiger partial charge in [0.2, 0.25) is 5.91 Å². The van der Waals surface area contributed by atoms with Gasteiger partial charge in [-0.25, -0.2) is 13.4 Å². The zero-order chi connectivity index (χ0) is 18.7. The monoisotopic (exact) mass is 372 g/mol. The first kappa shape index (κ1) is 18.6. The van der Waals surface area contributed by atoms with E-state index in [1.165, 1.54) is 0 Å². The van der Waals surface area contributed by atoms with Crippen LogP contribution in [-0.2, 0) is 14.6 Å². The molecule has 0 N–H and O–H groups in total. The second kappa shape index (κ2) is 7.60. The van der Waals surface area contributed by atoms with E-state index in [9.17, 15) is 13.2 Å². The molecule has 1 saturated heterocycles. The Labute approximate surface area is 155 Å². The first-order valence-corrected chi connectivity index (χ1v) is 10.5. The van der Waals surface area contributed by atoms with Crippen molar-refractivity contribution in [1.29, 1.82) is 0 Å². The molecule has 0 spiro atoms. The summed E-state index contributed by atoms with van der Waals surface area (Å²) in [7, 11) is 0.492. The van der Waals surface area contributed by atoms with E-state index in [0.717, 1.165) is 11.1 Å². The smallest absolute Gasteiger partial charge is 0.249 e. The summed E-state index contributed by atoms with van der Waals surface area (Å²) in [5.41, 5.74) is 1.80. The molecule has 1 atom stereocenters. The van der Waals surface area contributed by atoms with Gasteiger partial charge in [-0.05, 0) is 17.5 Å². The summed E-state index contributed by atoms with van der Waals surface area (Å²) in [5, 5.41) is 3.34. The molecule has 1 aliphatic heterocycles. The van der Waals surface area contributed by atoms with Crippen molar-refractivity contribution in [3.63, 3.8) is 0 Å². The zero-order valence-electron chi connectivity index (χ0n) is 15.1. The standard InChI is InChI=1S/C20H24N2O3S/c1-21(2)22(18-13-14-26(24,25)15-18)20(23)19(16-9-5-3-6-10-16)17-11-7-4-8-12-17/h3-12,18-19H,13-15H2,1-2H3. The lowest BCUT2D eigenvalue weighted by molar-refractivity contribution is -0.149. The average Bonchev–Trinajstić information content (AvgIpc) is 2.96. The second-order valence-electron chi connectivity index (χ2n) is 6.84. The molecule has 5 nitrogen and oxygen atoms in total. The second-order valence-corrected chi connectivity index (χ2v) is 9.07. The molecule has 0 aliphatic carbocycles. The SMILES string of the molecule is CN(C)N(C(=O)C(c1ccccc1)c1ccccc1)C1CCS(=O)(=O)C1. The molecular formula is C20H24N2O3S. The number of benzene rings is 2. The first-order valence-electron chi connectivity index (χ1n) is 8.69. The quantitative estimate of drug-likeness (QED) is 0.756. The Morgan fingerprint density at radius 1 is 0.962 bits per heavy atom. The Hall–Kier alpha value is -2.18. The summed E-state index contributed by atoms with van der Waals surface area (Å²) < 4.78 is 23.9. The van der Waals surface area contributed by atoms with Crippen LogP contribution in [0.1, 0.15) is 23.5 Å². The number of carbonyl (C=O) groups excluding carboxylic acids is 1. The third-order valence-electron chi connectivity index (χ3n) is 4.72. The number of hydrogen-bond donors (Lipinski definition) is 0. The maximum atomic E-state index is 13.6. The Morgan fingerprint density at radius 2 is 1.46 bits per heavy atom. The largest absolute Gasteiger partial charge is 0.272 e. The van der Waals surface area contributed by atoms with Crippen LogP contribution >= 0.6 is 0 Å². The van der Waals surface area contributed by atoms with Gasteiger partial charge in [-0.2, -0.15) is 0 Å². The summed E-state index contributed by atoms with van der Waals surface area (Å²) >= 11 is 0. The van der Waals surface area contributed by atoms with Crippen LogP contribution in [0.5, 0.6) is 0 Å². The summed E-state index contributed by atoms with van der Waals surface area (Å²) in [6.07, 6.45) is 0.475. The molecule has 2 aromatic rings. The minimum Gasteiger partial charge on any atom is -0.272 e. The molecule has 138 valence electrons. The Balaban J connectivity index is 2.00. The van der Waals surface area contributed by atoms with Crippen LogP contribution in [-0.4, -0.2) is 56.0 Å². The van der Waals surface area contributed by atoms with Gasteiger partial charge in [-0.15, -0.1) is 0 Å². The van der Waals surface area contributed by atoms with Gasteiger partial charge >= 0.3 is 0 Å². The van der Waals surface area contributed by atoms with E-state index in [1.807, 2.05) is 60.7 Å². The Bertz CT molecular complexity index is 812. The van der Waals surface area contributed by atoms with Crippen molar-refractivity contribution in [2.75, 3.05) is 25.6 Å². The van der Waals surface area contributed by atoms with E-state index in [2.05, 4.69) is 0 Å². The van der Waals surface area contributed by atoms with E-state index in [4.69, 9.17) is 0 Å². The van der Waals surface area contributed by atoms with E-state index >= 15 is 0 Å². The van der Waals surface area contributed by atoms with Gasteiger partial charge in [-0.3, -0.25) is 9.80 Å². The number of nitrogens with zero attached hydrogens (tertiary/aromatic N) is 2. The van der Waals surface area contributed by atoms with Crippen LogP contribution in [0, 0.1) is 0 Å². The van der Waals surface area contributed by atoms with Crippen molar-refractivity contribution in [2.45, 2.75) is 18.4 Å². The number of carbonyl (C=O) groups is 1. The minimum absolute atomic E-state index is 0.0211. The molecule has 1 aliphatic rings. The normalized spacial score (nSPS) is 19.0. The van der Waals surface area contributed by atoms with E-state index < -0.39 is 15.8 Å². The summed E-state index contributed by atoms with van der Waals surface area (Å²) in [6.45, 7) is 0. The molecule has 1 heterocycles. The molecule has 0 aromatic heterocycles. The molecule has 2 aromatic carbocycles. The molecule has 1 amide bonds. The number of rotatable bonds is 5. The fraction of sp³-hybridized carbons (Fsp3) is 0.350. The van der Waals surface area contributed by atoms with Gasteiger partial charge in [0.25, 0.3) is 0 Å². The number of hydrazine groups is 1. The van der Waals surface area contributed by atoms with Crippen molar-refractivity contribution in [3.8, 4) is 0 Å². The maximum Gasteiger partial charge on any atom is 0.249 e. The van der Waals surface area contributed by atoms with Crippen LogP contribution in [0.2, 0.25) is 0 Å². The van der Waals surface area contributed by atoms with Gasteiger partial charge in [-0.1, -0.05) is 60.7 Å². The number of hydrogen-bond acceptors (Lipinski definition) is 4. The minimum atomic E-state index is -3.08.